The number of likely N-dealkylation sites (tertiary alicyclic amines) is 1. The average molecular weight is 256 g/mol. The monoisotopic (exact) mass is 256 g/mol. The molecule has 0 radical (unpaired) electrons. The lowest BCUT2D eigenvalue weighted by molar-refractivity contribution is -0.132. The molecule has 2 heterocycles. The van der Waals surface area contributed by atoms with E-state index < -0.39 is 6.23 Å². The molecule has 1 amide bonds. The Morgan fingerprint density at radius 2 is 2.16 bits per heavy atom. The van der Waals surface area contributed by atoms with Crippen LogP contribution in [0.5, 0.6) is 0 Å². The largest absolute Gasteiger partial charge is 0.373 e. The number of rotatable bonds is 0. The van der Waals surface area contributed by atoms with Crippen LogP contribution >= 0.6 is 0 Å². The lowest BCUT2D eigenvalue weighted by atomic mass is 9.78. The molecule has 1 aromatic heterocycles. The molecule has 2 aromatic rings. The summed E-state index contributed by atoms with van der Waals surface area (Å²) in [6.45, 7) is 0. The molecule has 4 heteroatoms. The van der Waals surface area contributed by atoms with E-state index in [2.05, 4.69) is 11.1 Å². The van der Waals surface area contributed by atoms with Crippen LogP contribution in [0.15, 0.2) is 24.3 Å². The number of H-pyrrole nitrogens is 1. The number of aromatic amines is 1. The number of amides is 1. The summed E-state index contributed by atoms with van der Waals surface area (Å²) in [6, 6.07) is 8.10. The molecule has 2 aliphatic rings. The van der Waals surface area contributed by atoms with Crippen molar-refractivity contribution in [1.29, 1.82) is 0 Å². The summed E-state index contributed by atoms with van der Waals surface area (Å²) in [4.78, 5) is 17.3. The molecule has 1 aromatic carbocycles. The number of aromatic nitrogens is 1. The van der Waals surface area contributed by atoms with E-state index in [4.69, 9.17) is 0 Å². The molecule has 0 spiro atoms. The Balaban J connectivity index is 1.97. The number of benzene rings is 1. The van der Waals surface area contributed by atoms with Crippen molar-refractivity contribution in [2.24, 2.45) is 5.92 Å². The zero-order chi connectivity index (χ0) is 13.1. The van der Waals surface area contributed by atoms with E-state index in [9.17, 15) is 9.90 Å². The van der Waals surface area contributed by atoms with Crippen LogP contribution in [-0.2, 0) is 11.2 Å². The summed E-state index contributed by atoms with van der Waals surface area (Å²) < 4.78 is 0. The Bertz CT molecular complexity index is 676. The molecule has 1 saturated heterocycles. The number of hydrogen-bond donors (Lipinski definition) is 2. The topological polar surface area (TPSA) is 56.3 Å². The number of para-hydroxylation sites is 1. The zero-order valence-corrected chi connectivity index (χ0v) is 10.8. The van der Waals surface area contributed by atoms with Crippen molar-refractivity contribution in [3.8, 4) is 0 Å². The molecule has 4 nitrogen and oxygen atoms in total. The zero-order valence-electron chi connectivity index (χ0n) is 10.8. The number of aliphatic hydroxyl groups is 1. The van der Waals surface area contributed by atoms with Gasteiger partial charge in [0.25, 0.3) is 0 Å². The molecule has 3 unspecified atom stereocenters. The molecule has 3 atom stereocenters. The Morgan fingerprint density at radius 1 is 1.37 bits per heavy atom. The SMILES string of the molecule is CN1C(=O)C2c3c([nH]c4ccccc34)CCC2C1O. The van der Waals surface area contributed by atoms with Crippen LogP contribution in [-0.4, -0.2) is 34.2 Å². The smallest absolute Gasteiger partial charge is 0.232 e. The Morgan fingerprint density at radius 3 is 3.00 bits per heavy atom. The van der Waals surface area contributed by atoms with Crippen molar-refractivity contribution in [2.75, 3.05) is 7.05 Å². The average Bonchev–Trinajstić information content (AvgIpc) is 2.91. The van der Waals surface area contributed by atoms with E-state index >= 15 is 0 Å². The number of aryl methyl sites for hydroxylation is 1. The third-order valence-corrected chi connectivity index (χ3v) is 4.69. The molecule has 0 bridgehead atoms. The van der Waals surface area contributed by atoms with Crippen molar-refractivity contribution in [2.45, 2.75) is 25.0 Å². The molecular formula is C15H16N2O2. The second kappa shape index (κ2) is 3.61. The summed E-state index contributed by atoms with van der Waals surface area (Å²) >= 11 is 0. The highest BCUT2D eigenvalue weighted by Crippen LogP contribution is 2.46. The number of hydrogen-bond acceptors (Lipinski definition) is 2. The van der Waals surface area contributed by atoms with Crippen LogP contribution in [0.25, 0.3) is 10.9 Å². The molecule has 1 aliphatic carbocycles. The molecule has 1 fully saturated rings. The maximum absolute atomic E-state index is 12.4. The number of fused-ring (bicyclic) bond motifs is 5. The summed E-state index contributed by atoms with van der Waals surface area (Å²) in [5, 5.41) is 11.3. The number of nitrogens with zero attached hydrogens (tertiary/aromatic N) is 1. The Hall–Kier alpha value is -1.81. The minimum Gasteiger partial charge on any atom is -0.373 e. The van der Waals surface area contributed by atoms with E-state index in [0.29, 0.717) is 0 Å². The highest BCUT2D eigenvalue weighted by molar-refractivity contribution is 5.95. The van der Waals surface area contributed by atoms with E-state index in [-0.39, 0.29) is 17.7 Å². The van der Waals surface area contributed by atoms with Gasteiger partial charge in [0.2, 0.25) is 5.91 Å². The van der Waals surface area contributed by atoms with Crippen LogP contribution in [0.2, 0.25) is 0 Å². The highest BCUT2D eigenvalue weighted by Gasteiger charge is 2.49. The van der Waals surface area contributed by atoms with Crippen molar-refractivity contribution in [3.05, 3.63) is 35.5 Å². The normalized spacial score (nSPS) is 29.7. The van der Waals surface area contributed by atoms with Gasteiger partial charge in [-0.1, -0.05) is 18.2 Å². The van der Waals surface area contributed by atoms with Crippen molar-refractivity contribution in [3.63, 3.8) is 0 Å². The van der Waals surface area contributed by atoms with Gasteiger partial charge in [-0.25, -0.2) is 0 Å². The summed E-state index contributed by atoms with van der Waals surface area (Å²) in [7, 11) is 1.69. The lowest BCUT2D eigenvalue weighted by Crippen LogP contribution is -2.31. The quantitative estimate of drug-likeness (QED) is 0.752. The first-order chi connectivity index (χ1) is 9.18. The van der Waals surface area contributed by atoms with E-state index in [1.807, 2.05) is 18.2 Å². The third kappa shape index (κ3) is 1.29. The maximum Gasteiger partial charge on any atom is 0.232 e. The fraction of sp³-hybridized carbons (Fsp3) is 0.400. The number of carbonyl (C=O) groups excluding carboxylic acids is 1. The van der Waals surface area contributed by atoms with Gasteiger partial charge in [-0.3, -0.25) is 4.79 Å². The van der Waals surface area contributed by atoms with Crippen molar-refractivity contribution >= 4 is 16.8 Å². The molecule has 19 heavy (non-hydrogen) atoms. The number of likely N-dealkylation sites (N-methyl/N-ethyl adjacent to an activating group) is 1. The summed E-state index contributed by atoms with van der Waals surface area (Å²) in [6.07, 6.45) is 1.13. The van der Waals surface area contributed by atoms with Gasteiger partial charge >= 0.3 is 0 Å². The first-order valence-electron chi connectivity index (χ1n) is 6.72. The maximum atomic E-state index is 12.4. The van der Waals surface area contributed by atoms with Gasteiger partial charge < -0.3 is 15.0 Å². The van der Waals surface area contributed by atoms with E-state index in [1.54, 1.807) is 7.05 Å². The molecule has 0 saturated carbocycles. The molecular weight excluding hydrogens is 240 g/mol. The van der Waals surface area contributed by atoms with E-state index in [0.717, 1.165) is 29.3 Å². The predicted octanol–water partition coefficient (Wildman–Crippen LogP) is 1.60. The fourth-order valence-corrected chi connectivity index (χ4v) is 3.73. The second-order valence-electron chi connectivity index (χ2n) is 5.61. The van der Waals surface area contributed by atoms with Crippen molar-refractivity contribution in [1.82, 2.24) is 9.88 Å². The molecule has 1 aliphatic heterocycles. The minimum absolute atomic E-state index is 0.0317. The van der Waals surface area contributed by atoms with Crippen LogP contribution in [0.3, 0.4) is 0 Å². The molecule has 2 N–H and O–H groups in total. The van der Waals surface area contributed by atoms with Crippen LogP contribution in [0.4, 0.5) is 0 Å². The van der Waals surface area contributed by atoms with Gasteiger partial charge in [-0.15, -0.1) is 0 Å². The third-order valence-electron chi connectivity index (χ3n) is 4.69. The van der Waals surface area contributed by atoms with Gasteiger partial charge in [0, 0.05) is 29.6 Å². The molecule has 98 valence electrons. The first kappa shape index (κ1) is 11.1. The fourth-order valence-electron chi connectivity index (χ4n) is 3.73. The predicted molar refractivity (Wildman–Crippen MR) is 71.6 cm³/mol. The van der Waals surface area contributed by atoms with Gasteiger partial charge in [0.1, 0.15) is 6.23 Å². The van der Waals surface area contributed by atoms with E-state index in [1.165, 1.54) is 10.6 Å². The van der Waals surface area contributed by atoms with Crippen molar-refractivity contribution < 1.29 is 9.90 Å². The highest BCUT2D eigenvalue weighted by atomic mass is 16.3. The summed E-state index contributed by atoms with van der Waals surface area (Å²) in [5.74, 6) is -0.104. The number of aliphatic hydroxyl groups excluding tert-OH is 1. The first-order valence-corrected chi connectivity index (χ1v) is 6.72. The van der Waals surface area contributed by atoms with Gasteiger partial charge in [-0.2, -0.15) is 0 Å². The van der Waals surface area contributed by atoms with Gasteiger partial charge in [0.05, 0.1) is 5.92 Å². The van der Waals surface area contributed by atoms with Gasteiger partial charge in [-0.05, 0) is 24.5 Å². The van der Waals surface area contributed by atoms with Crippen LogP contribution in [0.1, 0.15) is 23.6 Å². The molecule has 4 rings (SSSR count). The standard InChI is InChI=1S/C15H16N2O2/c1-17-14(18)9-6-7-11-12(13(9)15(17)19)8-4-2-3-5-10(8)16-11/h2-5,9,13-14,16,18H,6-7H2,1H3. The van der Waals surface area contributed by atoms with Crippen LogP contribution in [0, 0.1) is 5.92 Å². The number of carbonyl (C=O) groups is 1. The summed E-state index contributed by atoms with van der Waals surface area (Å²) in [5.41, 5.74) is 3.36. The minimum atomic E-state index is -0.640. The second-order valence-corrected chi connectivity index (χ2v) is 5.61. The number of nitrogens with one attached hydrogen (secondary N) is 1. The Labute approximate surface area is 111 Å². The lowest BCUT2D eigenvalue weighted by Gasteiger charge is -2.25. The van der Waals surface area contributed by atoms with Gasteiger partial charge in [0.15, 0.2) is 0 Å². The Kier molecular flexibility index (Phi) is 2.10. The van der Waals surface area contributed by atoms with Crippen LogP contribution < -0.4 is 0 Å².